The number of nitro groups is 1. The van der Waals surface area contributed by atoms with Crippen molar-refractivity contribution in [3.05, 3.63) is 64.2 Å². The van der Waals surface area contributed by atoms with Gasteiger partial charge in [-0.3, -0.25) is 14.9 Å². The standard InChI is InChI=1S/C19H23N3O5S/c1-3-16(14-7-5-4-6-8-14)19(23)21-12-11-20-17-10-9-15(28(2,26)27)13-18(17)22(24)25/h4-10,13,16,20H,3,11-12H2,1-2H3,(H,21,23). The summed E-state index contributed by atoms with van der Waals surface area (Å²) >= 11 is 0. The van der Waals surface area contributed by atoms with E-state index < -0.39 is 14.8 Å². The van der Waals surface area contributed by atoms with Crippen molar-refractivity contribution in [2.75, 3.05) is 24.7 Å². The average Bonchev–Trinajstić information content (AvgIpc) is 2.65. The summed E-state index contributed by atoms with van der Waals surface area (Å²) in [4.78, 5) is 22.9. The Kier molecular flexibility index (Phi) is 7.11. The van der Waals surface area contributed by atoms with E-state index in [2.05, 4.69) is 10.6 Å². The van der Waals surface area contributed by atoms with Gasteiger partial charge < -0.3 is 10.6 Å². The lowest BCUT2D eigenvalue weighted by Crippen LogP contribution is -2.33. The second kappa shape index (κ2) is 9.32. The van der Waals surface area contributed by atoms with Crippen LogP contribution in [0, 0.1) is 10.1 Å². The van der Waals surface area contributed by atoms with E-state index in [0.29, 0.717) is 6.42 Å². The van der Waals surface area contributed by atoms with Gasteiger partial charge >= 0.3 is 0 Å². The molecule has 0 radical (unpaired) electrons. The highest BCUT2D eigenvalue weighted by Gasteiger charge is 2.20. The van der Waals surface area contributed by atoms with E-state index in [4.69, 9.17) is 0 Å². The van der Waals surface area contributed by atoms with Crippen molar-refractivity contribution in [2.45, 2.75) is 24.2 Å². The third-order valence-corrected chi connectivity index (χ3v) is 5.37. The largest absolute Gasteiger partial charge is 0.378 e. The van der Waals surface area contributed by atoms with Gasteiger partial charge in [0.2, 0.25) is 5.91 Å². The van der Waals surface area contributed by atoms with E-state index in [1.54, 1.807) is 0 Å². The summed E-state index contributed by atoms with van der Waals surface area (Å²) in [6.45, 7) is 2.46. The number of carbonyl (C=O) groups is 1. The SMILES string of the molecule is CCC(C(=O)NCCNc1ccc(S(C)(=O)=O)cc1[N+](=O)[O-])c1ccccc1. The molecule has 150 valence electrons. The smallest absolute Gasteiger partial charge is 0.293 e. The molecular weight excluding hydrogens is 382 g/mol. The highest BCUT2D eigenvalue weighted by molar-refractivity contribution is 7.90. The lowest BCUT2D eigenvalue weighted by atomic mass is 9.96. The van der Waals surface area contributed by atoms with E-state index in [0.717, 1.165) is 17.9 Å². The van der Waals surface area contributed by atoms with E-state index >= 15 is 0 Å². The maximum atomic E-state index is 12.4. The molecule has 9 heteroatoms. The number of anilines is 1. The van der Waals surface area contributed by atoms with Crippen LogP contribution in [-0.2, 0) is 14.6 Å². The van der Waals surface area contributed by atoms with Crippen LogP contribution in [0.1, 0.15) is 24.8 Å². The second-order valence-corrected chi connectivity index (χ2v) is 8.31. The number of amides is 1. The zero-order valence-electron chi connectivity index (χ0n) is 15.7. The van der Waals surface area contributed by atoms with Gasteiger partial charge in [0.25, 0.3) is 5.69 Å². The van der Waals surface area contributed by atoms with E-state index in [1.807, 2.05) is 37.3 Å². The molecule has 0 saturated heterocycles. The molecule has 0 spiro atoms. The number of sulfone groups is 1. The van der Waals surface area contributed by atoms with Crippen LogP contribution in [0.15, 0.2) is 53.4 Å². The molecule has 1 atom stereocenters. The van der Waals surface area contributed by atoms with Gasteiger partial charge in [0.1, 0.15) is 5.69 Å². The summed E-state index contributed by atoms with van der Waals surface area (Å²) in [5.74, 6) is -0.373. The number of nitro benzene ring substituents is 1. The van der Waals surface area contributed by atoms with Crippen molar-refractivity contribution < 1.29 is 18.1 Å². The molecule has 1 amide bonds. The minimum Gasteiger partial charge on any atom is -0.378 e. The Morgan fingerprint density at radius 1 is 1.14 bits per heavy atom. The van der Waals surface area contributed by atoms with Gasteiger partial charge in [-0.15, -0.1) is 0 Å². The fourth-order valence-electron chi connectivity index (χ4n) is 2.81. The van der Waals surface area contributed by atoms with Gasteiger partial charge in [-0.2, -0.15) is 0 Å². The topological polar surface area (TPSA) is 118 Å². The lowest BCUT2D eigenvalue weighted by molar-refractivity contribution is -0.384. The molecule has 0 fully saturated rings. The number of carbonyl (C=O) groups excluding carboxylic acids is 1. The zero-order valence-corrected chi connectivity index (χ0v) is 16.5. The first kappa shape index (κ1) is 21.4. The first-order chi connectivity index (χ1) is 13.2. The molecule has 0 saturated carbocycles. The molecule has 0 aliphatic heterocycles. The van der Waals surface area contributed by atoms with Crippen LogP contribution in [0.2, 0.25) is 0 Å². The van der Waals surface area contributed by atoms with Crippen molar-refractivity contribution >= 4 is 27.1 Å². The number of nitrogens with one attached hydrogen (secondary N) is 2. The summed E-state index contributed by atoms with van der Waals surface area (Å²) in [5.41, 5.74) is 0.800. The van der Waals surface area contributed by atoms with Crippen LogP contribution in [0.25, 0.3) is 0 Å². The second-order valence-electron chi connectivity index (χ2n) is 6.30. The molecular formula is C19H23N3O5S. The molecule has 2 rings (SSSR count). The number of nitrogens with zero attached hydrogens (tertiary/aromatic N) is 1. The van der Waals surface area contributed by atoms with Gasteiger partial charge in [0.05, 0.1) is 15.7 Å². The van der Waals surface area contributed by atoms with Crippen molar-refractivity contribution in [3.8, 4) is 0 Å². The van der Waals surface area contributed by atoms with Crippen LogP contribution in [0.4, 0.5) is 11.4 Å². The van der Waals surface area contributed by atoms with Crippen molar-refractivity contribution in [2.24, 2.45) is 0 Å². The Morgan fingerprint density at radius 3 is 2.39 bits per heavy atom. The summed E-state index contributed by atoms with van der Waals surface area (Å²) < 4.78 is 23.1. The molecule has 2 N–H and O–H groups in total. The van der Waals surface area contributed by atoms with E-state index in [1.165, 1.54) is 12.1 Å². The molecule has 8 nitrogen and oxygen atoms in total. The van der Waals surface area contributed by atoms with Crippen molar-refractivity contribution in [3.63, 3.8) is 0 Å². The summed E-state index contributed by atoms with van der Waals surface area (Å²) in [7, 11) is -3.54. The Labute approximate surface area is 164 Å². The van der Waals surface area contributed by atoms with Gasteiger partial charge in [-0.1, -0.05) is 37.3 Å². The van der Waals surface area contributed by atoms with Crippen LogP contribution < -0.4 is 10.6 Å². The summed E-state index contributed by atoms with van der Waals surface area (Å²) in [6, 6.07) is 13.1. The first-order valence-electron chi connectivity index (χ1n) is 8.79. The highest BCUT2D eigenvalue weighted by atomic mass is 32.2. The zero-order chi connectivity index (χ0) is 20.7. The van der Waals surface area contributed by atoms with E-state index in [9.17, 15) is 23.3 Å². The summed E-state index contributed by atoms with van der Waals surface area (Å²) in [6.07, 6.45) is 1.65. The number of rotatable bonds is 9. The number of hydrogen-bond acceptors (Lipinski definition) is 6. The third kappa shape index (κ3) is 5.53. The molecule has 2 aromatic rings. The van der Waals surface area contributed by atoms with E-state index in [-0.39, 0.29) is 41.2 Å². The number of hydrogen-bond donors (Lipinski definition) is 2. The molecule has 0 heterocycles. The normalized spacial score (nSPS) is 12.2. The third-order valence-electron chi connectivity index (χ3n) is 4.26. The Bertz CT molecular complexity index is 945. The number of benzene rings is 2. The molecule has 0 aromatic heterocycles. The van der Waals surface area contributed by atoms with Crippen LogP contribution in [0.5, 0.6) is 0 Å². The maximum absolute atomic E-state index is 12.4. The average molecular weight is 405 g/mol. The fourth-order valence-corrected chi connectivity index (χ4v) is 3.45. The molecule has 0 aliphatic carbocycles. The minimum absolute atomic E-state index is 0.113. The Morgan fingerprint density at radius 2 is 1.82 bits per heavy atom. The van der Waals surface area contributed by atoms with Crippen LogP contribution >= 0.6 is 0 Å². The minimum atomic E-state index is -3.54. The molecule has 1 unspecified atom stereocenters. The van der Waals surface area contributed by atoms with Gasteiger partial charge in [0, 0.05) is 25.4 Å². The predicted molar refractivity (Wildman–Crippen MR) is 107 cm³/mol. The van der Waals surface area contributed by atoms with Gasteiger partial charge in [-0.25, -0.2) is 8.42 Å². The van der Waals surface area contributed by atoms with Crippen LogP contribution in [-0.4, -0.2) is 38.6 Å². The molecule has 2 aromatic carbocycles. The maximum Gasteiger partial charge on any atom is 0.293 e. The van der Waals surface area contributed by atoms with Crippen LogP contribution in [0.3, 0.4) is 0 Å². The first-order valence-corrected chi connectivity index (χ1v) is 10.7. The van der Waals surface area contributed by atoms with Gasteiger partial charge in [0.15, 0.2) is 9.84 Å². The van der Waals surface area contributed by atoms with Crippen molar-refractivity contribution in [1.29, 1.82) is 0 Å². The molecule has 0 aliphatic rings. The Balaban J connectivity index is 1.98. The Hall–Kier alpha value is -2.94. The highest BCUT2D eigenvalue weighted by Crippen LogP contribution is 2.27. The molecule has 0 bridgehead atoms. The summed E-state index contributed by atoms with van der Waals surface area (Å²) in [5, 5.41) is 16.9. The predicted octanol–water partition coefficient (Wildman–Crippen LogP) is 2.72. The lowest BCUT2D eigenvalue weighted by Gasteiger charge is -2.16. The molecule has 28 heavy (non-hydrogen) atoms. The van der Waals surface area contributed by atoms with Crippen molar-refractivity contribution in [1.82, 2.24) is 5.32 Å². The van der Waals surface area contributed by atoms with Gasteiger partial charge in [-0.05, 0) is 24.1 Å². The monoisotopic (exact) mass is 405 g/mol. The fraction of sp³-hybridized carbons (Fsp3) is 0.316. The quantitative estimate of drug-likeness (QED) is 0.376.